The first kappa shape index (κ1) is 17.6. The van der Waals surface area contributed by atoms with Gasteiger partial charge in [0.25, 0.3) is 0 Å². The molecule has 2 aliphatic rings. The number of nitrogens with two attached hydrogens (primary N) is 1. The summed E-state index contributed by atoms with van der Waals surface area (Å²) in [4.78, 5) is 13.2. The SMILES string of the molecule is CC.Nc1cc(NSc2ccc(F)cc2)cc2c1NC(=O)C21CCC1. The topological polar surface area (TPSA) is 67.2 Å². The minimum atomic E-state index is -0.387. The smallest absolute Gasteiger partial charge is 0.235 e. The second-order valence-corrected chi connectivity index (χ2v) is 6.92. The molecule has 1 heterocycles. The van der Waals surface area contributed by atoms with Gasteiger partial charge in [0.1, 0.15) is 5.82 Å². The minimum absolute atomic E-state index is 0.0637. The van der Waals surface area contributed by atoms with Crippen molar-refractivity contribution in [1.29, 1.82) is 0 Å². The van der Waals surface area contributed by atoms with Crippen LogP contribution in [0.4, 0.5) is 21.5 Å². The average Bonchev–Trinajstić information content (AvgIpc) is 2.89. The third kappa shape index (κ3) is 3.06. The fraction of sp³-hybridized carbons (Fsp3) is 0.316. The van der Waals surface area contributed by atoms with Crippen molar-refractivity contribution in [3.05, 3.63) is 47.8 Å². The molecular weight excluding hydrogens is 337 g/mol. The van der Waals surface area contributed by atoms with E-state index in [0.717, 1.165) is 41.1 Å². The van der Waals surface area contributed by atoms with Crippen molar-refractivity contribution < 1.29 is 9.18 Å². The van der Waals surface area contributed by atoms with E-state index in [4.69, 9.17) is 5.73 Å². The second-order valence-electron chi connectivity index (χ2n) is 6.04. The number of nitrogens with one attached hydrogen (secondary N) is 2. The van der Waals surface area contributed by atoms with Crippen LogP contribution in [0.5, 0.6) is 0 Å². The van der Waals surface area contributed by atoms with Crippen LogP contribution >= 0.6 is 11.9 Å². The Hall–Kier alpha value is -2.21. The fourth-order valence-electron chi connectivity index (χ4n) is 3.24. The van der Waals surface area contributed by atoms with Crippen molar-refractivity contribution in [1.82, 2.24) is 0 Å². The summed E-state index contributed by atoms with van der Waals surface area (Å²) in [7, 11) is 0. The van der Waals surface area contributed by atoms with Crippen LogP contribution < -0.4 is 15.8 Å². The number of halogens is 1. The molecule has 25 heavy (non-hydrogen) atoms. The van der Waals surface area contributed by atoms with Crippen LogP contribution in [0.3, 0.4) is 0 Å². The van der Waals surface area contributed by atoms with E-state index in [1.807, 2.05) is 26.0 Å². The Labute approximate surface area is 151 Å². The van der Waals surface area contributed by atoms with Gasteiger partial charge in [0.05, 0.1) is 16.8 Å². The van der Waals surface area contributed by atoms with Crippen molar-refractivity contribution in [3.8, 4) is 0 Å². The molecule has 132 valence electrons. The van der Waals surface area contributed by atoms with Gasteiger partial charge >= 0.3 is 0 Å². The van der Waals surface area contributed by atoms with Gasteiger partial charge < -0.3 is 15.8 Å². The van der Waals surface area contributed by atoms with Gasteiger partial charge in [-0.05, 0) is 66.8 Å². The first-order chi connectivity index (χ1) is 12.1. The van der Waals surface area contributed by atoms with E-state index in [-0.39, 0.29) is 17.1 Å². The normalized spacial score (nSPS) is 16.4. The number of carbonyl (C=O) groups is 1. The molecule has 1 aliphatic heterocycles. The number of hydrogen-bond acceptors (Lipinski definition) is 4. The molecule has 4 N–H and O–H groups in total. The first-order valence-corrected chi connectivity index (χ1v) is 9.34. The number of fused-ring (bicyclic) bond motifs is 2. The lowest BCUT2D eigenvalue weighted by Crippen LogP contribution is -2.40. The van der Waals surface area contributed by atoms with Gasteiger partial charge in [-0.1, -0.05) is 20.3 Å². The Balaban J connectivity index is 0.000000880. The largest absolute Gasteiger partial charge is 0.397 e. The number of amides is 1. The molecule has 1 amide bonds. The summed E-state index contributed by atoms with van der Waals surface area (Å²) in [5.41, 5.74) is 8.89. The summed E-state index contributed by atoms with van der Waals surface area (Å²) >= 11 is 1.39. The fourth-order valence-corrected chi connectivity index (χ4v) is 3.87. The zero-order chi connectivity index (χ0) is 18.0. The van der Waals surface area contributed by atoms with Crippen molar-refractivity contribution in [2.45, 2.75) is 43.4 Å². The molecule has 2 aromatic carbocycles. The molecule has 1 fully saturated rings. The van der Waals surface area contributed by atoms with Crippen LogP contribution in [-0.2, 0) is 10.2 Å². The molecule has 6 heteroatoms. The predicted octanol–water partition coefficient (Wildman–Crippen LogP) is 4.93. The van der Waals surface area contributed by atoms with Gasteiger partial charge in [-0.15, -0.1) is 0 Å². The van der Waals surface area contributed by atoms with Gasteiger partial charge in [-0.3, -0.25) is 4.79 Å². The number of nitrogen functional groups attached to an aromatic ring is 1. The summed E-state index contributed by atoms with van der Waals surface area (Å²) < 4.78 is 16.2. The highest BCUT2D eigenvalue weighted by Crippen LogP contribution is 2.53. The number of benzene rings is 2. The summed E-state index contributed by atoms with van der Waals surface area (Å²) in [5.74, 6) is -0.193. The molecule has 4 rings (SSSR count). The van der Waals surface area contributed by atoms with E-state index in [0.29, 0.717) is 5.69 Å². The maximum absolute atomic E-state index is 12.9. The summed E-state index contributed by atoms with van der Waals surface area (Å²) in [6.07, 6.45) is 2.81. The van der Waals surface area contributed by atoms with Gasteiger partial charge in [0, 0.05) is 10.6 Å². The van der Waals surface area contributed by atoms with E-state index in [1.165, 1.54) is 24.1 Å². The lowest BCUT2D eigenvalue weighted by atomic mass is 9.65. The number of anilines is 3. The Bertz CT molecular complexity index is 788. The molecule has 0 aromatic heterocycles. The highest BCUT2D eigenvalue weighted by Gasteiger charge is 2.51. The molecule has 0 radical (unpaired) electrons. The van der Waals surface area contributed by atoms with E-state index in [1.54, 1.807) is 12.1 Å². The van der Waals surface area contributed by atoms with E-state index in [2.05, 4.69) is 10.0 Å². The first-order valence-electron chi connectivity index (χ1n) is 8.52. The molecule has 0 saturated heterocycles. The monoisotopic (exact) mass is 359 g/mol. The highest BCUT2D eigenvalue weighted by atomic mass is 32.2. The molecular formula is C19H22FN3OS. The molecule has 0 unspecified atom stereocenters. The van der Waals surface area contributed by atoms with Crippen molar-refractivity contribution in [2.24, 2.45) is 0 Å². The Kier molecular flexibility index (Phi) is 4.90. The number of rotatable bonds is 3. The van der Waals surface area contributed by atoms with Gasteiger partial charge in [0.2, 0.25) is 5.91 Å². The second kappa shape index (κ2) is 6.96. The van der Waals surface area contributed by atoms with Gasteiger partial charge in [-0.2, -0.15) is 0 Å². The molecule has 0 bridgehead atoms. The standard InChI is InChI=1S/C17H16FN3OS.C2H6/c18-10-2-4-12(5-3-10)23-21-11-8-13-15(14(19)9-11)20-16(22)17(13)6-1-7-17;1-2/h2-5,8-9,21H,1,6-7,19H2,(H,20,22);1-2H3. The maximum Gasteiger partial charge on any atom is 0.235 e. The van der Waals surface area contributed by atoms with E-state index in [9.17, 15) is 9.18 Å². The van der Waals surface area contributed by atoms with E-state index < -0.39 is 0 Å². The van der Waals surface area contributed by atoms with Crippen LogP contribution in [-0.4, -0.2) is 5.91 Å². The molecule has 1 spiro atoms. The lowest BCUT2D eigenvalue weighted by Gasteiger charge is -2.36. The predicted molar refractivity (Wildman–Crippen MR) is 102 cm³/mol. The van der Waals surface area contributed by atoms with Crippen LogP contribution in [0.2, 0.25) is 0 Å². The third-order valence-corrected chi connectivity index (χ3v) is 5.51. The zero-order valence-electron chi connectivity index (χ0n) is 14.4. The quantitative estimate of drug-likeness (QED) is 0.537. The summed E-state index contributed by atoms with van der Waals surface area (Å²) in [6, 6.07) is 10.1. The Morgan fingerprint density at radius 2 is 1.88 bits per heavy atom. The van der Waals surface area contributed by atoms with Crippen molar-refractivity contribution in [3.63, 3.8) is 0 Å². The Morgan fingerprint density at radius 3 is 2.48 bits per heavy atom. The van der Waals surface area contributed by atoms with Crippen LogP contribution in [0, 0.1) is 5.82 Å². The molecule has 1 saturated carbocycles. The van der Waals surface area contributed by atoms with Crippen molar-refractivity contribution in [2.75, 3.05) is 15.8 Å². The summed E-state index contributed by atoms with van der Waals surface area (Å²) in [6.45, 7) is 4.00. The third-order valence-electron chi connectivity index (χ3n) is 4.67. The van der Waals surface area contributed by atoms with E-state index >= 15 is 0 Å². The highest BCUT2D eigenvalue weighted by molar-refractivity contribution is 8.00. The molecule has 2 aromatic rings. The molecule has 1 aliphatic carbocycles. The maximum atomic E-state index is 12.9. The zero-order valence-corrected chi connectivity index (χ0v) is 15.2. The van der Waals surface area contributed by atoms with Crippen LogP contribution in [0.1, 0.15) is 38.7 Å². The lowest BCUT2D eigenvalue weighted by molar-refractivity contribution is -0.123. The average molecular weight is 359 g/mol. The summed E-state index contributed by atoms with van der Waals surface area (Å²) in [5, 5.41) is 2.93. The molecule has 4 nitrogen and oxygen atoms in total. The van der Waals surface area contributed by atoms with Crippen molar-refractivity contribution >= 4 is 34.9 Å². The van der Waals surface area contributed by atoms with Crippen LogP contribution in [0.25, 0.3) is 0 Å². The Morgan fingerprint density at radius 1 is 1.20 bits per heavy atom. The minimum Gasteiger partial charge on any atom is -0.397 e. The number of hydrogen-bond donors (Lipinski definition) is 3. The number of carbonyl (C=O) groups excluding carboxylic acids is 1. The van der Waals surface area contributed by atoms with Gasteiger partial charge in [0.15, 0.2) is 0 Å². The van der Waals surface area contributed by atoms with Gasteiger partial charge in [-0.25, -0.2) is 4.39 Å². The molecule has 0 atom stereocenters. The van der Waals surface area contributed by atoms with Crippen LogP contribution in [0.15, 0.2) is 41.3 Å².